The summed E-state index contributed by atoms with van der Waals surface area (Å²) >= 11 is 0. The van der Waals surface area contributed by atoms with Gasteiger partial charge in [-0.3, -0.25) is 15.1 Å². The quantitative estimate of drug-likeness (QED) is 0.546. The minimum atomic E-state index is -0.446. The summed E-state index contributed by atoms with van der Waals surface area (Å²) in [4.78, 5) is 20.7. The summed E-state index contributed by atoms with van der Waals surface area (Å²) in [5.41, 5.74) is 1.75. The number of aliphatic imine (C=N–C) groups is 1. The molecule has 0 bridgehead atoms. The Morgan fingerprint density at radius 3 is 2.11 bits per heavy atom. The summed E-state index contributed by atoms with van der Waals surface area (Å²) in [5.74, 6) is -1.06. The Labute approximate surface area is 154 Å². The summed E-state index contributed by atoms with van der Waals surface area (Å²) < 4.78 is 26.1. The van der Waals surface area contributed by atoms with Crippen LogP contribution in [0.3, 0.4) is 0 Å². The van der Waals surface area contributed by atoms with E-state index in [0.717, 1.165) is 5.56 Å². The van der Waals surface area contributed by atoms with Gasteiger partial charge in [0.15, 0.2) is 0 Å². The summed E-state index contributed by atoms with van der Waals surface area (Å²) in [5, 5.41) is 5.60. The number of rotatable bonds is 4. The second-order valence-electron chi connectivity index (χ2n) is 5.61. The second-order valence-corrected chi connectivity index (χ2v) is 5.61. The van der Waals surface area contributed by atoms with Crippen molar-refractivity contribution in [2.75, 3.05) is 5.32 Å². The van der Waals surface area contributed by atoms with E-state index in [0.29, 0.717) is 12.2 Å². The first-order valence-corrected chi connectivity index (χ1v) is 8.13. The highest BCUT2D eigenvalue weighted by Crippen LogP contribution is 2.09. The van der Waals surface area contributed by atoms with Crippen LogP contribution in [-0.2, 0) is 6.54 Å². The smallest absolute Gasteiger partial charge is 0.257 e. The van der Waals surface area contributed by atoms with Gasteiger partial charge in [-0.1, -0.05) is 0 Å². The van der Waals surface area contributed by atoms with Gasteiger partial charge < -0.3 is 5.32 Å². The number of pyridine rings is 1. The predicted molar refractivity (Wildman–Crippen MR) is 99.3 cm³/mol. The highest BCUT2D eigenvalue weighted by molar-refractivity contribution is 6.09. The lowest BCUT2D eigenvalue weighted by atomic mass is 10.2. The van der Waals surface area contributed by atoms with Crippen LogP contribution in [0.5, 0.6) is 0 Å². The van der Waals surface area contributed by atoms with E-state index in [1.807, 2.05) is 0 Å². The van der Waals surface area contributed by atoms with Gasteiger partial charge in [-0.05, 0) is 66.2 Å². The molecule has 0 radical (unpaired) electrons. The lowest BCUT2D eigenvalue weighted by Gasteiger charge is -2.12. The zero-order valence-electron chi connectivity index (χ0n) is 14.2. The standard InChI is InChI=1S/C20H16F2N4O/c21-16-3-1-15(2-4-16)19(27)26-20(24-13-14-9-11-23-12-10-14)25-18-7-5-17(22)6-8-18/h1-12H,13H2,(H2,24,25,26,27). The molecule has 27 heavy (non-hydrogen) atoms. The molecule has 2 N–H and O–H groups in total. The number of halogens is 2. The Kier molecular flexibility index (Phi) is 5.84. The van der Waals surface area contributed by atoms with Crippen LogP contribution in [0.2, 0.25) is 0 Å². The zero-order valence-corrected chi connectivity index (χ0v) is 14.2. The molecule has 0 aliphatic carbocycles. The second kappa shape index (κ2) is 8.66. The normalized spacial score (nSPS) is 11.1. The first-order chi connectivity index (χ1) is 13.1. The molecule has 1 aromatic heterocycles. The largest absolute Gasteiger partial charge is 0.326 e. The van der Waals surface area contributed by atoms with Gasteiger partial charge in [-0.15, -0.1) is 0 Å². The van der Waals surface area contributed by atoms with E-state index in [1.54, 1.807) is 24.5 Å². The van der Waals surface area contributed by atoms with Crippen LogP contribution in [0.4, 0.5) is 14.5 Å². The third-order valence-electron chi connectivity index (χ3n) is 3.61. The average molecular weight is 366 g/mol. The van der Waals surface area contributed by atoms with Gasteiger partial charge in [0.05, 0.1) is 6.54 Å². The van der Waals surface area contributed by atoms with Crippen molar-refractivity contribution in [3.63, 3.8) is 0 Å². The molecule has 0 saturated heterocycles. The number of guanidine groups is 1. The molecule has 0 spiro atoms. The Bertz CT molecular complexity index is 926. The minimum absolute atomic E-state index is 0.188. The number of carbonyl (C=O) groups is 1. The van der Waals surface area contributed by atoms with Crippen LogP contribution >= 0.6 is 0 Å². The Balaban J connectivity index is 1.78. The van der Waals surface area contributed by atoms with E-state index < -0.39 is 11.7 Å². The molecule has 5 nitrogen and oxygen atoms in total. The van der Waals surface area contributed by atoms with E-state index >= 15 is 0 Å². The van der Waals surface area contributed by atoms with Crippen LogP contribution < -0.4 is 10.6 Å². The molecule has 0 atom stereocenters. The third kappa shape index (κ3) is 5.43. The van der Waals surface area contributed by atoms with Crippen molar-refractivity contribution in [3.05, 3.63) is 95.8 Å². The molecule has 0 aliphatic rings. The van der Waals surface area contributed by atoms with Crippen molar-refractivity contribution < 1.29 is 13.6 Å². The van der Waals surface area contributed by atoms with Gasteiger partial charge in [0, 0.05) is 23.6 Å². The topological polar surface area (TPSA) is 66.4 Å². The number of aromatic nitrogens is 1. The van der Waals surface area contributed by atoms with Crippen molar-refractivity contribution in [1.82, 2.24) is 10.3 Å². The number of hydrogen-bond donors (Lipinski definition) is 2. The number of benzene rings is 2. The molecular weight excluding hydrogens is 350 g/mol. The zero-order chi connectivity index (χ0) is 19.1. The fraction of sp³-hybridized carbons (Fsp3) is 0.0500. The van der Waals surface area contributed by atoms with Gasteiger partial charge in [-0.25, -0.2) is 13.8 Å². The van der Waals surface area contributed by atoms with Crippen LogP contribution in [0, 0.1) is 11.6 Å². The molecule has 3 aromatic rings. The van der Waals surface area contributed by atoms with Crippen molar-refractivity contribution in [2.45, 2.75) is 6.54 Å². The molecule has 0 saturated carbocycles. The van der Waals surface area contributed by atoms with Crippen LogP contribution in [0.1, 0.15) is 15.9 Å². The average Bonchev–Trinajstić information content (AvgIpc) is 2.69. The summed E-state index contributed by atoms with van der Waals surface area (Å²) in [7, 11) is 0. The molecule has 0 fully saturated rings. The number of nitrogens with zero attached hydrogens (tertiary/aromatic N) is 2. The van der Waals surface area contributed by atoms with E-state index in [2.05, 4.69) is 20.6 Å². The Hall–Kier alpha value is -3.61. The van der Waals surface area contributed by atoms with Gasteiger partial charge >= 0.3 is 0 Å². The number of amides is 1. The molecule has 0 unspecified atom stereocenters. The molecule has 1 heterocycles. The fourth-order valence-electron chi connectivity index (χ4n) is 2.22. The molecule has 7 heteroatoms. The van der Waals surface area contributed by atoms with Crippen molar-refractivity contribution in [1.29, 1.82) is 0 Å². The van der Waals surface area contributed by atoms with Gasteiger partial charge in [-0.2, -0.15) is 0 Å². The van der Waals surface area contributed by atoms with Gasteiger partial charge in [0.1, 0.15) is 11.6 Å². The van der Waals surface area contributed by atoms with Gasteiger partial charge in [0.25, 0.3) is 5.91 Å². The van der Waals surface area contributed by atoms with E-state index in [1.165, 1.54) is 48.5 Å². The van der Waals surface area contributed by atoms with E-state index in [4.69, 9.17) is 0 Å². The van der Waals surface area contributed by atoms with E-state index in [9.17, 15) is 13.6 Å². The number of nitrogens with one attached hydrogen (secondary N) is 2. The van der Waals surface area contributed by atoms with Crippen molar-refractivity contribution in [3.8, 4) is 0 Å². The lowest BCUT2D eigenvalue weighted by Crippen LogP contribution is -2.36. The number of carbonyl (C=O) groups excluding carboxylic acids is 1. The maximum absolute atomic E-state index is 13.1. The summed E-state index contributed by atoms with van der Waals surface area (Å²) in [6.07, 6.45) is 3.30. The highest BCUT2D eigenvalue weighted by atomic mass is 19.1. The molecule has 2 aromatic carbocycles. The van der Waals surface area contributed by atoms with Crippen LogP contribution in [-0.4, -0.2) is 16.9 Å². The number of hydrogen-bond acceptors (Lipinski definition) is 3. The predicted octanol–water partition coefficient (Wildman–Crippen LogP) is 3.76. The highest BCUT2D eigenvalue weighted by Gasteiger charge is 2.10. The molecule has 3 rings (SSSR count). The first kappa shape index (κ1) is 18.2. The van der Waals surface area contributed by atoms with Crippen molar-refractivity contribution >= 4 is 17.6 Å². The summed E-state index contributed by atoms with van der Waals surface area (Å²) in [6, 6.07) is 14.4. The molecule has 0 aliphatic heterocycles. The minimum Gasteiger partial charge on any atom is -0.326 e. The molecule has 1 amide bonds. The molecular formula is C20H16F2N4O. The number of anilines is 1. The SMILES string of the molecule is O=C(NC(=NCc1ccncc1)Nc1ccc(F)cc1)c1ccc(F)cc1. The van der Waals surface area contributed by atoms with Crippen molar-refractivity contribution in [2.24, 2.45) is 4.99 Å². The van der Waals surface area contributed by atoms with Crippen LogP contribution in [0.25, 0.3) is 0 Å². The van der Waals surface area contributed by atoms with Gasteiger partial charge in [0.2, 0.25) is 5.96 Å². The molecule has 136 valence electrons. The summed E-state index contributed by atoms with van der Waals surface area (Å²) in [6.45, 7) is 0.301. The van der Waals surface area contributed by atoms with E-state index in [-0.39, 0.29) is 17.3 Å². The fourth-order valence-corrected chi connectivity index (χ4v) is 2.22. The Morgan fingerprint density at radius 2 is 1.48 bits per heavy atom. The maximum atomic E-state index is 13.1. The lowest BCUT2D eigenvalue weighted by molar-refractivity contribution is 0.0977. The maximum Gasteiger partial charge on any atom is 0.257 e. The third-order valence-corrected chi connectivity index (χ3v) is 3.61. The first-order valence-electron chi connectivity index (χ1n) is 8.13. The Morgan fingerprint density at radius 1 is 0.889 bits per heavy atom. The monoisotopic (exact) mass is 366 g/mol. The van der Waals surface area contributed by atoms with Crippen LogP contribution in [0.15, 0.2) is 78.0 Å².